The first-order valence-electron chi connectivity index (χ1n) is 5.11. The molecular weight excluding hydrogens is 184 g/mol. The van der Waals surface area contributed by atoms with Crippen molar-refractivity contribution in [2.45, 2.75) is 44.3 Å². The van der Waals surface area contributed by atoms with Gasteiger partial charge in [0.05, 0.1) is 19.3 Å². The SMILES string of the molecule is COC(=O)CCC1OC1CCCCO. The molecule has 1 saturated heterocycles. The van der Waals surface area contributed by atoms with Gasteiger partial charge in [0.25, 0.3) is 0 Å². The van der Waals surface area contributed by atoms with Gasteiger partial charge in [-0.2, -0.15) is 0 Å². The summed E-state index contributed by atoms with van der Waals surface area (Å²) in [7, 11) is 1.40. The molecule has 0 saturated carbocycles. The van der Waals surface area contributed by atoms with E-state index in [2.05, 4.69) is 4.74 Å². The standard InChI is InChI=1S/C10H18O4/c1-13-10(12)6-5-9-8(14-9)4-2-3-7-11/h8-9,11H,2-7H2,1H3. The Morgan fingerprint density at radius 2 is 2.07 bits per heavy atom. The first-order chi connectivity index (χ1) is 6.77. The van der Waals surface area contributed by atoms with Crippen molar-refractivity contribution in [2.75, 3.05) is 13.7 Å². The van der Waals surface area contributed by atoms with Crippen LogP contribution in [0, 0.1) is 0 Å². The van der Waals surface area contributed by atoms with Crippen molar-refractivity contribution in [1.82, 2.24) is 0 Å². The molecule has 1 aliphatic rings. The highest BCUT2D eigenvalue weighted by Gasteiger charge is 2.37. The Balaban J connectivity index is 1.94. The van der Waals surface area contributed by atoms with Gasteiger partial charge in [-0.05, 0) is 25.7 Å². The molecular formula is C10H18O4. The van der Waals surface area contributed by atoms with Gasteiger partial charge < -0.3 is 14.6 Å². The monoisotopic (exact) mass is 202 g/mol. The Labute approximate surface area is 84.2 Å². The fourth-order valence-corrected chi connectivity index (χ4v) is 1.51. The molecule has 0 aliphatic carbocycles. The van der Waals surface area contributed by atoms with E-state index in [0.29, 0.717) is 12.5 Å². The van der Waals surface area contributed by atoms with E-state index in [-0.39, 0.29) is 18.7 Å². The van der Waals surface area contributed by atoms with Crippen LogP contribution in [0.4, 0.5) is 0 Å². The molecule has 2 unspecified atom stereocenters. The number of hydrogen-bond acceptors (Lipinski definition) is 4. The second-order valence-corrected chi connectivity index (χ2v) is 3.55. The second kappa shape index (κ2) is 5.98. The highest BCUT2D eigenvalue weighted by molar-refractivity contribution is 5.69. The van der Waals surface area contributed by atoms with E-state index in [1.807, 2.05) is 0 Å². The molecule has 0 amide bonds. The van der Waals surface area contributed by atoms with Gasteiger partial charge in [0, 0.05) is 13.0 Å². The summed E-state index contributed by atoms with van der Waals surface area (Å²) in [5, 5.41) is 8.57. The van der Waals surface area contributed by atoms with Gasteiger partial charge in [0.2, 0.25) is 0 Å². The smallest absolute Gasteiger partial charge is 0.305 e. The summed E-state index contributed by atoms with van der Waals surface area (Å²) in [6.07, 6.45) is 4.58. The number of esters is 1. The number of aliphatic hydroxyl groups excluding tert-OH is 1. The minimum Gasteiger partial charge on any atom is -0.469 e. The summed E-state index contributed by atoms with van der Waals surface area (Å²) in [4.78, 5) is 10.8. The van der Waals surface area contributed by atoms with Crippen LogP contribution in [0.25, 0.3) is 0 Å². The molecule has 0 aromatic carbocycles. The Morgan fingerprint density at radius 3 is 2.71 bits per heavy atom. The summed E-state index contributed by atoms with van der Waals surface area (Å²) in [6.45, 7) is 0.250. The van der Waals surface area contributed by atoms with Crippen LogP contribution in [0.2, 0.25) is 0 Å². The maximum absolute atomic E-state index is 10.8. The van der Waals surface area contributed by atoms with E-state index in [1.165, 1.54) is 7.11 Å². The lowest BCUT2D eigenvalue weighted by molar-refractivity contribution is -0.140. The van der Waals surface area contributed by atoms with Crippen molar-refractivity contribution in [3.8, 4) is 0 Å². The predicted molar refractivity (Wildman–Crippen MR) is 50.8 cm³/mol. The number of aliphatic hydroxyl groups is 1. The van der Waals surface area contributed by atoms with Crippen molar-refractivity contribution < 1.29 is 19.4 Å². The number of unbranched alkanes of at least 4 members (excludes halogenated alkanes) is 1. The first kappa shape index (κ1) is 11.5. The summed E-state index contributed by atoms with van der Waals surface area (Å²) < 4.78 is 9.90. The van der Waals surface area contributed by atoms with Crippen molar-refractivity contribution in [1.29, 1.82) is 0 Å². The van der Waals surface area contributed by atoms with Crippen LogP contribution in [0.3, 0.4) is 0 Å². The van der Waals surface area contributed by atoms with Crippen LogP contribution in [0.1, 0.15) is 32.1 Å². The predicted octanol–water partition coefficient (Wildman–Crippen LogP) is 0.870. The van der Waals surface area contributed by atoms with E-state index >= 15 is 0 Å². The molecule has 0 aromatic heterocycles. The maximum Gasteiger partial charge on any atom is 0.305 e. The van der Waals surface area contributed by atoms with Gasteiger partial charge in [-0.25, -0.2) is 0 Å². The van der Waals surface area contributed by atoms with Crippen LogP contribution in [0.5, 0.6) is 0 Å². The van der Waals surface area contributed by atoms with Gasteiger partial charge in [-0.15, -0.1) is 0 Å². The van der Waals surface area contributed by atoms with E-state index < -0.39 is 0 Å². The molecule has 1 rings (SSSR count). The molecule has 0 radical (unpaired) electrons. The summed E-state index contributed by atoms with van der Waals surface area (Å²) in [6, 6.07) is 0. The summed E-state index contributed by atoms with van der Waals surface area (Å²) in [5.74, 6) is -0.172. The van der Waals surface area contributed by atoms with Gasteiger partial charge in [0.15, 0.2) is 0 Å². The fourth-order valence-electron chi connectivity index (χ4n) is 1.51. The molecule has 2 atom stereocenters. The van der Waals surface area contributed by atoms with Crippen LogP contribution in [0.15, 0.2) is 0 Å². The first-order valence-corrected chi connectivity index (χ1v) is 5.11. The highest BCUT2D eigenvalue weighted by atomic mass is 16.6. The third kappa shape index (κ3) is 4.07. The molecule has 4 nitrogen and oxygen atoms in total. The van der Waals surface area contributed by atoms with E-state index in [9.17, 15) is 4.79 Å². The van der Waals surface area contributed by atoms with E-state index in [0.717, 1.165) is 25.7 Å². The lowest BCUT2D eigenvalue weighted by Crippen LogP contribution is -2.03. The van der Waals surface area contributed by atoms with Crippen molar-refractivity contribution in [2.24, 2.45) is 0 Å². The number of ether oxygens (including phenoxy) is 2. The average Bonchev–Trinajstić information content (AvgIpc) is 2.94. The molecule has 4 heteroatoms. The van der Waals surface area contributed by atoms with Gasteiger partial charge in [-0.1, -0.05) is 0 Å². The third-order valence-electron chi connectivity index (χ3n) is 2.45. The zero-order valence-electron chi connectivity index (χ0n) is 8.57. The molecule has 1 fully saturated rings. The number of carbonyl (C=O) groups excluding carboxylic acids is 1. The van der Waals surface area contributed by atoms with Gasteiger partial charge >= 0.3 is 5.97 Å². The minimum absolute atomic E-state index is 0.172. The third-order valence-corrected chi connectivity index (χ3v) is 2.45. The van der Waals surface area contributed by atoms with Crippen molar-refractivity contribution in [3.05, 3.63) is 0 Å². The van der Waals surface area contributed by atoms with Gasteiger partial charge in [0.1, 0.15) is 0 Å². The van der Waals surface area contributed by atoms with E-state index in [1.54, 1.807) is 0 Å². The van der Waals surface area contributed by atoms with Gasteiger partial charge in [-0.3, -0.25) is 4.79 Å². The number of epoxide rings is 1. The lowest BCUT2D eigenvalue weighted by Gasteiger charge is -1.96. The Bertz CT molecular complexity index is 181. The average molecular weight is 202 g/mol. The molecule has 0 bridgehead atoms. The van der Waals surface area contributed by atoms with Crippen LogP contribution in [-0.2, 0) is 14.3 Å². The Morgan fingerprint density at radius 1 is 1.36 bits per heavy atom. The number of rotatable bonds is 7. The Kier molecular flexibility index (Phi) is 4.90. The normalized spacial score (nSPS) is 24.7. The number of hydrogen-bond donors (Lipinski definition) is 1. The van der Waals surface area contributed by atoms with E-state index in [4.69, 9.17) is 9.84 Å². The Hall–Kier alpha value is -0.610. The largest absolute Gasteiger partial charge is 0.469 e. The zero-order valence-corrected chi connectivity index (χ0v) is 8.57. The lowest BCUT2D eigenvalue weighted by atomic mass is 10.1. The number of methoxy groups -OCH3 is 1. The van der Waals surface area contributed by atoms with Crippen LogP contribution in [-0.4, -0.2) is 37.0 Å². The zero-order chi connectivity index (χ0) is 10.4. The topological polar surface area (TPSA) is 59.1 Å². The quantitative estimate of drug-likeness (QED) is 0.378. The van der Waals surface area contributed by atoms with Crippen LogP contribution >= 0.6 is 0 Å². The second-order valence-electron chi connectivity index (χ2n) is 3.55. The molecule has 0 aromatic rings. The molecule has 14 heavy (non-hydrogen) atoms. The molecule has 82 valence electrons. The summed E-state index contributed by atoms with van der Waals surface area (Å²) >= 11 is 0. The molecule has 1 N–H and O–H groups in total. The van der Waals surface area contributed by atoms with Crippen molar-refractivity contribution in [3.63, 3.8) is 0 Å². The molecule has 1 heterocycles. The minimum atomic E-state index is -0.172. The summed E-state index contributed by atoms with van der Waals surface area (Å²) in [5.41, 5.74) is 0. The van der Waals surface area contributed by atoms with Crippen molar-refractivity contribution >= 4 is 5.97 Å². The molecule has 0 spiro atoms. The fraction of sp³-hybridized carbons (Fsp3) is 0.900. The molecule has 1 aliphatic heterocycles. The van der Waals surface area contributed by atoms with Crippen LogP contribution < -0.4 is 0 Å². The highest BCUT2D eigenvalue weighted by Crippen LogP contribution is 2.30. The maximum atomic E-state index is 10.8. The number of carbonyl (C=O) groups is 1.